The Hall–Kier alpha value is -2.05. The number of carbonyl (C=O) groups is 2. The summed E-state index contributed by atoms with van der Waals surface area (Å²) in [6, 6.07) is 0.951. The van der Waals surface area contributed by atoms with E-state index in [0.717, 1.165) is 6.42 Å². The highest BCUT2D eigenvalue weighted by atomic mass is 16.5. The maximum absolute atomic E-state index is 12.1. The van der Waals surface area contributed by atoms with Gasteiger partial charge in [0.05, 0.1) is 7.11 Å². The largest absolute Gasteiger partial charge is 0.467 e. The molecular formula is C10H14N4O3. The van der Waals surface area contributed by atoms with E-state index in [1.54, 1.807) is 0 Å². The molecule has 3 N–H and O–H groups in total. The molecule has 0 spiro atoms. The zero-order valence-electron chi connectivity index (χ0n) is 9.47. The average molecular weight is 238 g/mol. The molecule has 0 radical (unpaired) electrons. The van der Waals surface area contributed by atoms with Crippen LogP contribution in [0, 0.1) is 0 Å². The molecule has 1 aliphatic rings. The fourth-order valence-electron chi connectivity index (χ4n) is 1.99. The first-order valence-corrected chi connectivity index (χ1v) is 5.33. The molecule has 1 saturated heterocycles. The smallest absolute Gasteiger partial charge is 0.328 e. The van der Waals surface area contributed by atoms with Crippen molar-refractivity contribution >= 4 is 17.7 Å². The van der Waals surface area contributed by atoms with E-state index in [-0.39, 0.29) is 17.7 Å². The van der Waals surface area contributed by atoms with Gasteiger partial charge in [-0.25, -0.2) is 4.79 Å². The Morgan fingerprint density at radius 1 is 1.65 bits per heavy atom. The summed E-state index contributed by atoms with van der Waals surface area (Å²) in [6.07, 6.45) is 1.41. The highest BCUT2D eigenvalue weighted by Crippen LogP contribution is 2.20. The van der Waals surface area contributed by atoms with Crippen molar-refractivity contribution in [2.24, 2.45) is 0 Å². The number of anilines is 1. The van der Waals surface area contributed by atoms with E-state index in [1.165, 1.54) is 18.1 Å². The molecule has 2 heterocycles. The lowest BCUT2D eigenvalue weighted by atomic mass is 10.2. The number of likely N-dealkylation sites (tertiary alicyclic amines) is 1. The van der Waals surface area contributed by atoms with Crippen molar-refractivity contribution in [3.63, 3.8) is 0 Å². The third kappa shape index (κ3) is 2.08. The fraction of sp³-hybridized carbons (Fsp3) is 0.500. The molecule has 1 aliphatic heterocycles. The Balaban J connectivity index is 2.16. The van der Waals surface area contributed by atoms with Crippen LogP contribution >= 0.6 is 0 Å². The lowest BCUT2D eigenvalue weighted by molar-refractivity contribution is -0.145. The number of rotatable bonds is 2. The molecule has 2 rings (SSSR count). The van der Waals surface area contributed by atoms with Crippen molar-refractivity contribution in [1.29, 1.82) is 0 Å². The monoisotopic (exact) mass is 238 g/mol. The standard InChI is InChI=1S/C10H14N4O3/c1-17-10(16)7-3-2-4-14(7)9(15)6-5-8(11)13-12-6/h5,7H,2-4H2,1H3,(H3,11,12,13). The number of ether oxygens (including phenoxy) is 1. The zero-order valence-corrected chi connectivity index (χ0v) is 9.47. The van der Waals surface area contributed by atoms with E-state index < -0.39 is 6.04 Å². The van der Waals surface area contributed by atoms with E-state index >= 15 is 0 Å². The number of aromatic nitrogens is 2. The second kappa shape index (κ2) is 4.44. The number of nitrogens with zero attached hydrogens (tertiary/aromatic N) is 2. The van der Waals surface area contributed by atoms with E-state index in [2.05, 4.69) is 14.9 Å². The van der Waals surface area contributed by atoms with Gasteiger partial charge in [-0.3, -0.25) is 9.89 Å². The normalized spacial score (nSPS) is 19.4. The first kappa shape index (κ1) is 11.4. The van der Waals surface area contributed by atoms with Gasteiger partial charge in [0.25, 0.3) is 5.91 Å². The van der Waals surface area contributed by atoms with Gasteiger partial charge in [0, 0.05) is 12.6 Å². The SMILES string of the molecule is COC(=O)C1CCCN1C(=O)c1cc(N)n[nH]1. The second-order valence-electron chi connectivity index (χ2n) is 3.89. The summed E-state index contributed by atoms with van der Waals surface area (Å²) in [5.41, 5.74) is 5.72. The average Bonchev–Trinajstić information content (AvgIpc) is 2.95. The molecule has 1 atom stereocenters. The van der Waals surface area contributed by atoms with E-state index in [0.29, 0.717) is 18.7 Å². The number of methoxy groups -OCH3 is 1. The highest BCUT2D eigenvalue weighted by Gasteiger charge is 2.35. The van der Waals surface area contributed by atoms with Crippen molar-refractivity contribution in [2.75, 3.05) is 19.4 Å². The summed E-state index contributed by atoms with van der Waals surface area (Å²) in [5.74, 6) is -0.410. The molecule has 1 amide bonds. The third-order valence-corrected chi connectivity index (χ3v) is 2.82. The number of amides is 1. The van der Waals surface area contributed by atoms with Gasteiger partial charge in [-0.2, -0.15) is 5.10 Å². The van der Waals surface area contributed by atoms with Crippen LogP contribution in [-0.4, -0.2) is 46.7 Å². The predicted octanol–water partition coefficient (Wildman–Crippen LogP) is -0.231. The summed E-state index contributed by atoms with van der Waals surface area (Å²) >= 11 is 0. The summed E-state index contributed by atoms with van der Waals surface area (Å²) in [6.45, 7) is 0.539. The molecule has 7 heteroatoms. The van der Waals surface area contributed by atoms with Gasteiger partial charge in [-0.05, 0) is 12.8 Å². The molecule has 92 valence electrons. The first-order chi connectivity index (χ1) is 8.13. The maximum atomic E-state index is 12.1. The molecule has 1 aromatic heterocycles. The number of nitrogens with one attached hydrogen (secondary N) is 1. The minimum Gasteiger partial charge on any atom is -0.467 e. The van der Waals surface area contributed by atoms with Crippen LogP contribution < -0.4 is 5.73 Å². The fourth-order valence-corrected chi connectivity index (χ4v) is 1.99. The Kier molecular flexibility index (Phi) is 2.99. The number of aromatic amines is 1. The minimum atomic E-state index is -0.503. The van der Waals surface area contributed by atoms with Gasteiger partial charge in [0.1, 0.15) is 17.6 Å². The van der Waals surface area contributed by atoms with Crippen molar-refractivity contribution in [2.45, 2.75) is 18.9 Å². The van der Waals surface area contributed by atoms with Gasteiger partial charge in [-0.1, -0.05) is 0 Å². The van der Waals surface area contributed by atoms with Crippen molar-refractivity contribution in [3.05, 3.63) is 11.8 Å². The minimum absolute atomic E-state index is 0.252. The lowest BCUT2D eigenvalue weighted by Gasteiger charge is -2.21. The molecule has 17 heavy (non-hydrogen) atoms. The highest BCUT2D eigenvalue weighted by molar-refractivity contribution is 5.96. The van der Waals surface area contributed by atoms with E-state index in [9.17, 15) is 9.59 Å². The Bertz CT molecular complexity index is 443. The zero-order chi connectivity index (χ0) is 12.4. The van der Waals surface area contributed by atoms with Gasteiger partial charge in [0.15, 0.2) is 0 Å². The second-order valence-corrected chi connectivity index (χ2v) is 3.89. The van der Waals surface area contributed by atoms with Gasteiger partial charge >= 0.3 is 5.97 Å². The van der Waals surface area contributed by atoms with Crippen molar-refractivity contribution in [1.82, 2.24) is 15.1 Å². The van der Waals surface area contributed by atoms with Crippen LogP contribution in [0.25, 0.3) is 0 Å². The van der Waals surface area contributed by atoms with Crippen LogP contribution in [0.5, 0.6) is 0 Å². The molecule has 0 saturated carbocycles. The molecule has 1 unspecified atom stereocenters. The van der Waals surface area contributed by atoms with Crippen LogP contribution in [0.15, 0.2) is 6.07 Å². The summed E-state index contributed by atoms with van der Waals surface area (Å²) < 4.78 is 4.67. The number of carbonyl (C=O) groups excluding carboxylic acids is 2. The topological polar surface area (TPSA) is 101 Å². The van der Waals surface area contributed by atoms with Gasteiger partial charge < -0.3 is 15.4 Å². The maximum Gasteiger partial charge on any atom is 0.328 e. The van der Waals surface area contributed by atoms with Crippen LogP contribution in [0.1, 0.15) is 23.3 Å². The van der Waals surface area contributed by atoms with Crippen molar-refractivity contribution in [3.8, 4) is 0 Å². The molecule has 1 fully saturated rings. The molecule has 0 bridgehead atoms. The number of esters is 1. The third-order valence-electron chi connectivity index (χ3n) is 2.82. The molecule has 0 aliphatic carbocycles. The Labute approximate surface area is 97.9 Å². The molecular weight excluding hydrogens is 224 g/mol. The van der Waals surface area contributed by atoms with Gasteiger partial charge in [0.2, 0.25) is 0 Å². The van der Waals surface area contributed by atoms with Crippen LogP contribution in [0.2, 0.25) is 0 Å². The quantitative estimate of drug-likeness (QED) is 0.693. The number of nitrogen functional groups attached to an aromatic ring is 1. The summed E-state index contributed by atoms with van der Waals surface area (Å²) in [7, 11) is 1.32. The predicted molar refractivity (Wildman–Crippen MR) is 59.1 cm³/mol. The Morgan fingerprint density at radius 3 is 3.00 bits per heavy atom. The van der Waals surface area contributed by atoms with E-state index in [1.807, 2.05) is 0 Å². The molecule has 1 aromatic rings. The van der Waals surface area contributed by atoms with Gasteiger partial charge in [-0.15, -0.1) is 0 Å². The summed E-state index contributed by atoms with van der Waals surface area (Å²) in [5, 5.41) is 6.23. The number of H-pyrrole nitrogens is 1. The number of hydrogen-bond donors (Lipinski definition) is 2. The lowest BCUT2D eigenvalue weighted by Crippen LogP contribution is -2.41. The first-order valence-electron chi connectivity index (χ1n) is 5.33. The van der Waals surface area contributed by atoms with Crippen LogP contribution in [0.3, 0.4) is 0 Å². The number of hydrogen-bond acceptors (Lipinski definition) is 5. The Morgan fingerprint density at radius 2 is 2.41 bits per heavy atom. The molecule has 0 aromatic carbocycles. The molecule has 7 nitrogen and oxygen atoms in total. The summed E-state index contributed by atoms with van der Waals surface area (Å²) in [4.78, 5) is 25.1. The van der Waals surface area contributed by atoms with Crippen LogP contribution in [-0.2, 0) is 9.53 Å². The number of nitrogens with two attached hydrogens (primary N) is 1. The van der Waals surface area contributed by atoms with Crippen molar-refractivity contribution < 1.29 is 14.3 Å². The van der Waals surface area contributed by atoms with E-state index in [4.69, 9.17) is 5.73 Å². The van der Waals surface area contributed by atoms with Crippen LogP contribution in [0.4, 0.5) is 5.82 Å².